The van der Waals surface area contributed by atoms with Crippen LogP contribution in [0.25, 0.3) is 5.52 Å². The number of aliphatic hydroxyl groups is 1. The van der Waals surface area contributed by atoms with Gasteiger partial charge in [0.25, 0.3) is 0 Å². The van der Waals surface area contributed by atoms with Crippen LogP contribution >= 0.6 is 0 Å². The zero-order valence-corrected chi connectivity index (χ0v) is 13.7. The van der Waals surface area contributed by atoms with Crippen LogP contribution in [0.5, 0.6) is 0 Å². The van der Waals surface area contributed by atoms with Crippen LogP contribution in [0.3, 0.4) is 0 Å². The number of nitrogens with zero attached hydrogens (tertiary/aromatic N) is 4. The average molecular weight is 341 g/mol. The van der Waals surface area contributed by atoms with E-state index in [0.717, 1.165) is 0 Å². The third-order valence-corrected chi connectivity index (χ3v) is 4.57. The molecular weight excluding hydrogens is 325 g/mol. The lowest BCUT2D eigenvalue weighted by molar-refractivity contribution is -0.204. The molecule has 2 aromatic rings. The van der Waals surface area contributed by atoms with Gasteiger partial charge in [0.1, 0.15) is 44.1 Å². The first-order valence-electron chi connectivity index (χ1n) is 7.76. The van der Waals surface area contributed by atoms with Crippen LogP contribution in [0.15, 0.2) is 12.4 Å². The van der Waals surface area contributed by atoms with Crippen molar-refractivity contribution < 1.29 is 19.3 Å². The van der Waals surface area contributed by atoms with Gasteiger partial charge in [0, 0.05) is 0 Å². The van der Waals surface area contributed by atoms with E-state index in [4.69, 9.17) is 27.8 Å². The molecule has 4 heterocycles. The largest absolute Gasteiger partial charge is 0.394 e. The highest BCUT2D eigenvalue weighted by atomic mass is 16.8. The van der Waals surface area contributed by atoms with Crippen LogP contribution in [-0.2, 0) is 19.8 Å². The Bertz CT molecular complexity index is 894. The van der Waals surface area contributed by atoms with E-state index in [1.165, 1.54) is 10.8 Å². The summed E-state index contributed by atoms with van der Waals surface area (Å²) < 4.78 is 19.1. The predicted molar refractivity (Wildman–Crippen MR) is 85.9 cm³/mol. The summed E-state index contributed by atoms with van der Waals surface area (Å²) in [6.45, 7) is 3.17. The summed E-state index contributed by atoms with van der Waals surface area (Å²) in [4.78, 5) is 3.92. The molecule has 0 saturated carbocycles. The number of anilines is 1. The van der Waals surface area contributed by atoms with Gasteiger partial charge in [-0.05, 0) is 19.9 Å². The van der Waals surface area contributed by atoms with Gasteiger partial charge in [0.15, 0.2) is 11.6 Å². The number of hydrogen-bond acceptors (Lipinski definition) is 8. The number of nitrogens with two attached hydrogens (primary N) is 1. The van der Waals surface area contributed by atoms with Crippen LogP contribution in [-0.4, -0.2) is 58.3 Å². The van der Waals surface area contributed by atoms with E-state index in [1.807, 2.05) is 0 Å². The minimum atomic E-state index is -1.56. The van der Waals surface area contributed by atoms with E-state index in [9.17, 15) is 10.4 Å². The van der Waals surface area contributed by atoms with Gasteiger partial charge in [-0.3, -0.25) is 0 Å². The van der Waals surface area contributed by atoms with Crippen molar-refractivity contribution in [2.24, 2.45) is 0 Å². The van der Waals surface area contributed by atoms with Gasteiger partial charge < -0.3 is 25.1 Å². The number of hydrogen-bond donors (Lipinski definition) is 2. The second-order valence-electron chi connectivity index (χ2n) is 6.60. The summed E-state index contributed by atoms with van der Waals surface area (Å²) in [6.07, 6.45) is -0.830. The highest BCUT2D eigenvalue weighted by molar-refractivity contribution is 6.37. The van der Waals surface area contributed by atoms with Crippen molar-refractivity contribution >= 4 is 24.6 Å². The van der Waals surface area contributed by atoms with Gasteiger partial charge in [-0.2, -0.15) is 10.4 Å². The number of nitriles is 1. The number of aromatic nitrogens is 3. The first-order valence-corrected chi connectivity index (χ1v) is 7.76. The summed E-state index contributed by atoms with van der Waals surface area (Å²) in [5.41, 5.74) is 5.37. The molecule has 0 amide bonds. The SMILES string of the molecule is [B]c1cc([C@]2(C#N)O[C@H](CO)[C@H]3OC(C)(C)O[C@H]32)n2ncnc(N)c12. The molecular formula is C15H16BN5O4. The van der Waals surface area contributed by atoms with Gasteiger partial charge in [-0.15, -0.1) is 0 Å². The molecule has 2 radical (unpaired) electrons. The first-order chi connectivity index (χ1) is 11.8. The molecule has 4 atom stereocenters. The highest BCUT2D eigenvalue weighted by Gasteiger charge is 2.65. The Morgan fingerprint density at radius 1 is 1.44 bits per heavy atom. The molecule has 2 aliphatic rings. The van der Waals surface area contributed by atoms with Crippen molar-refractivity contribution in [1.29, 1.82) is 5.26 Å². The molecule has 25 heavy (non-hydrogen) atoms. The second-order valence-corrected chi connectivity index (χ2v) is 6.60. The summed E-state index contributed by atoms with van der Waals surface area (Å²) in [6, 6.07) is 3.74. The van der Waals surface area contributed by atoms with E-state index in [1.54, 1.807) is 19.9 Å². The smallest absolute Gasteiger partial charge is 0.226 e. The summed E-state index contributed by atoms with van der Waals surface area (Å²) >= 11 is 0. The van der Waals surface area contributed by atoms with Crippen molar-refractivity contribution in [1.82, 2.24) is 14.6 Å². The third-order valence-electron chi connectivity index (χ3n) is 4.57. The maximum absolute atomic E-state index is 10.0. The minimum absolute atomic E-state index is 0.184. The number of rotatable bonds is 2. The zero-order valence-electron chi connectivity index (χ0n) is 13.7. The number of ether oxygens (including phenoxy) is 3. The van der Waals surface area contributed by atoms with E-state index in [0.29, 0.717) is 16.7 Å². The fourth-order valence-electron chi connectivity index (χ4n) is 3.60. The van der Waals surface area contributed by atoms with Gasteiger partial charge in [0.05, 0.1) is 12.3 Å². The average Bonchev–Trinajstić information content (AvgIpc) is 3.16. The van der Waals surface area contributed by atoms with E-state index < -0.39 is 29.7 Å². The van der Waals surface area contributed by atoms with Crippen LogP contribution < -0.4 is 11.2 Å². The van der Waals surface area contributed by atoms with E-state index in [-0.39, 0.29) is 12.4 Å². The van der Waals surface area contributed by atoms with Crippen LogP contribution in [0.4, 0.5) is 5.82 Å². The Morgan fingerprint density at radius 3 is 2.88 bits per heavy atom. The Labute approximate surface area is 144 Å². The number of aliphatic hydroxyl groups excluding tert-OH is 1. The molecule has 0 unspecified atom stereocenters. The van der Waals surface area contributed by atoms with Crippen molar-refractivity contribution in [3.8, 4) is 6.07 Å². The van der Waals surface area contributed by atoms with Gasteiger partial charge in [0.2, 0.25) is 5.60 Å². The van der Waals surface area contributed by atoms with Gasteiger partial charge in [-0.25, -0.2) is 9.50 Å². The minimum Gasteiger partial charge on any atom is -0.394 e. The summed E-state index contributed by atoms with van der Waals surface area (Å²) in [5.74, 6) is -0.731. The van der Waals surface area contributed by atoms with Crippen LogP contribution in [0.2, 0.25) is 0 Å². The van der Waals surface area contributed by atoms with Crippen LogP contribution in [0.1, 0.15) is 19.5 Å². The molecule has 2 aromatic heterocycles. The molecule has 9 nitrogen and oxygen atoms in total. The molecule has 2 aliphatic heterocycles. The molecule has 0 aromatic carbocycles. The second kappa shape index (κ2) is 5.16. The fraction of sp³-hybridized carbons (Fsp3) is 0.533. The number of nitrogen functional groups attached to an aromatic ring is 1. The van der Waals surface area contributed by atoms with E-state index >= 15 is 0 Å². The maximum Gasteiger partial charge on any atom is 0.226 e. The molecule has 0 aliphatic carbocycles. The Balaban J connectivity index is 1.94. The van der Waals surface area contributed by atoms with Gasteiger partial charge in [-0.1, -0.05) is 5.46 Å². The number of fused-ring (bicyclic) bond motifs is 2. The van der Waals surface area contributed by atoms with E-state index in [2.05, 4.69) is 16.2 Å². The van der Waals surface area contributed by atoms with Crippen molar-refractivity contribution in [2.75, 3.05) is 12.3 Å². The van der Waals surface area contributed by atoms with Crippen molar-refractivity contribution in [3.05, 3.63) is 18.1 Å². The molecule has 2 fully saturated rings. The predicted octanol–water partition coefficient (Wildman–Crippen LogP) is -1.26. The summed E-state index contributed by atoms with van der Waals surface area (Å²) in [5, 5.41) is 23.8. The molecule has 4 rings (SSSR count). The Morgan fingerprint density at radius 2 is 2.20 bits per heavy atom. The molecule has 0 spiro atoms. The Kier molecular flexibility index (Phi) is 3.36. The first kappa shape index (κ1) is 16.3. The lowest BCUT2D eigenvalue weighted by atomic mass is 9.90. The zero-order chi connectivity index (χ0) is 18.0. The quantitative estimate of drug-likeness (QED) is 0.648. The highest BCUT2D eigenvalue weighted by Crippen LogP contribution is 2.48. The van der Waals surface area contributed by atoms with Gasteiger partial charge >= 0.3 is 0 Å². The fourth-order valence-corrected chi connectivity index (χ4v) is 3.60. The lowest BCUT2D eigenvalue weighted by Gasteiger charge is -2.28. The molecule has 2 saturated heterocycles. The lowest BCUT2D eigenvalue weighted by Crippen LogP contribution is -2.40. The normalized spacial score (nSPS) is 33.4. The Hall–Kier alpha value is -2.19. The topological polar surface area (TPSA) is 128 Å². The van der Waals surface area contributed by atoms with Crippen molar-refractivity contribution in [2.45, 2.75) is 43.5 Å². The molecule has 10 heteroatoms. The molecule has 0 bridgehead atoms. The van der Waals surface area contributed by atoms with Crippen molar-refractivity contribution in [3.63, 3.8) is 0 Å². The third kappa shape index (κ3) is 2.10. The summed E-state index contributed by atoms with van der Waals surface area (Å²) in [7, 11) is 6.05. The van der Waals surface area contributed by atoms with Crippen LogP contribution in [0, 0.1) is 11.3 Å². The molecule has 128 valence electrons. The standard InChI is InChI=1S/C15H16BN5O4/c1-14(2)24-11-8(4-22)23-15(5-17,12(11)25-14)9-3-7(16)10-13(18)19-6-20-21(9)10/h3,6,8,11-12,22H,4H2,1-2H3,(H2,18,19,20)/t8-,11-,12-,15+/m1/s1. The monoisotopic (exact) mass is 341 g/mol. The molecule has 3 N–H and O–H groups in total. The maximum atomic E-state index is 10.0.